The highest BCUT2D eigenvalue weighted by atomic mass is 16.4. The lowest BCUT2D eigenvalue weighted by Gasteiger charge is -2.35. The summed E-state index contributed by atoms with van der Waals surface area (Å²) in [6, 6.07) is -2.07. The number of carboxylic acids is 1. The Balaban J connectivity index is 2.86. The molecule has 0 bridgehead atoms. The van der Waals surface area contributed by atoms with E-state index in [0.717, 1.165) is 12.7 Å². The molecule has 23 heavy (non-hydrogen) atoms. The Labute approximate surface area is 135 Å². The van der Waals surface area contributed by atoms with Gasteiger partial charge in [0.05, 0.1) is 6.04 Å². The fraction of sp³-hybridized carbons (Fsp3) is 0.733. The third-order valence-corrected chi connectivity index (χ3v) is 3.98. The Morgan fingerprint density at radius 3 is 2.43 bits per heavy atom. The van der Waals surface area contributed by atoms with E-state index in [2.05, 4.69) is 10.6 Å². The van der Waals surface area contributed by atoms with Crippen molar-refractivity contribution in [1.29, 1.82) is 0 Å². The molecule has 130 valence electrons. The smallest absolute Gasteiger partial charge is 0.323 e. The number of urea groups is 1. The summed E-state index contributed by atoms with van der Waals surface area (Å²) in [5.74, 6) is -1.42. The van der Waals surface area contributed by atoms with Crippen LogP contribution in [0.1, 0.15) is 34.1 Å². The van der Waals surface area contributed by atoms with E-state index in [4.69, 9.17) is 5.11 Å². The van der Waals surface area contributed by atoms with E-state index in [-0.39, 0.29) is 11.8 Å². The standard InChI is InChI=1S/C15H25N3O5/c1-9-5-6-18(10(9)8-19)13(22)12(15(2,3)4)17-14(23)16-7-11(20)21/h8-10,12H,5-7H2,1-4H3,(H,20,21)(H2,16,17,23)/t9-,10?,12+/m0/s1. The first-order chi connectivity index (χ1) is 10.6. The lowest BCUT2D eigenvalue weighted by atomic mass is 9.85. The molecule has 1 fully saturated rings. The van der Waals surface area contributed by atoms with Crippen molar-refractivity contribution in [3.05, 3.63) is 0 Å². The van der Waals surface area contributed by atoms with Gasteiger partial charge in [-0.1, -0.05) is 27.7 Å². The maximum absolute atomic E-state index is 12.8. The molecule has 1 aliphatic rings. The minimum absolute atomic E-state index is 0.0814. The average Bonchev–Trinajstić information content (AvgIpc) is 2.81. The number of nitrogens with one attached hydrogen (secondary N) is 2. The molecule has 0 aromatic heterocycles. The third kappa shape index (κ3) is 4.94. The Morgan fingerprint density at radius 1 is 1.35 bits per heavy atom. The van der Waals surface area contributed by atoms with Gasteiger partial charge in [-0.2, -0.15) is 0 Å². The molecule has 1 saturated heterocycles. The number of aliphatic carboxylic acids is 1. The van der Waals surface area contributed by atoms with Crippen LogP contribution in [0.15, 0.2) is 0 Å². The van der Waals surface area contributed by atoms with Gasteiger partial charge in [-0.05, 0) is 17.8 Å². The summed E-state index contributed by atoms with van der Waals surface area (Å²) in [4.78, 5) is 47.8. The van der Waals surface area contributed by atoms with Crippen LogP contribution in [0.2, 0.25) is 0 Å². The highest BCUT2D eigenvalue weighted by Gasteiger charge is 2.41. The van der Waals surface area contributed by atoms with Gasteiger partial charge in [0.2, 0.25) is 5.91 Å². The van der Waals surface area contributed by atoms with Gasteiger partial charge in [0.25, 0.3) is 0 Å². The SMILES string of the molecule is C[C@H]1CCN(C(=O)[C@@H](NC(=O)NCC(=O)O)C(C)(C)C)C1C=O. The van der Waals surface area contributed by atoms with E-state index >= 15 is 0 Å². The fourth-order valence-electron chi connectivity index (χ4n) is 2.59. The summed E-state index contributed by atoms with van der Waals surface area (Å²) in [5, 5.41) is 13.3. The van der Waals surface area contributed by atoms with Crippen LogP contribution in [0.3, 0.4) is 0 Å². The molecule has 0 spiro atoms. The zero-order valence-corrected chi connectivity index (χ0v) is 14.0. The van der Waals surface area contributed by atoms with Crippen molar-refractivity contribution < 1.29 is 24.3 Å². The second kappa shape index (κ2) is 7.43. The van der Waals surface area contributed by atoms with Crippen molar-refractivity contribution in [2.24, 2.45) is 11.3 Å². The van der Waals surface area contributed by atoms with Gasteiger partial charge in [-0.3, -0.25) is 9.59 Å². The van der Waals surface area contributed by atoms with Crippen molar-refractivity contribution in [3.8, 4) is 0 Å². The number of carboxylic acid groups (broad SMARTS) is 1. The minimum atomic E-state index is -1.17. The van der Waals surface area contributed by atoms with Crippen molar-refractivity contribution in [3.63, 3.8) is 0 Å². The second-order valence-corrected chi connectivity index (χ2v) is 6.94. The summed E-state index contributed by atoms with van der Waals surface area (Å²) < 4.78 is 0. The number of hydrogen-bond acceptors (Lipinski definition) is 4. The van der Waals surface area contributed by atoms with Crippen LogP contribution in [0.25, 0.3) is 0 Å². The van der Waals surface area contributed by atoms with E-state index in [1.54, 1.807) is 20.8 Å². The van der Waals surface area contributed by atoms with Gasteiger partial charge in [0, 0.05) is 6.54 Å². The largest absolute Gasteiger partial charge is 0.480 e. The van der Waals surface area contributed by atoms with Crippen molar-refractivity contribution in [2.45, 2.75) is 46.2 Å². The summed E-state index contributed by atoms with van der Waals surface area (Å²) in [5.41, 5.74) is -0.586. The molecule has 3 N–H and O–H groups in total. The van der Waals surface area contributed by atoms with Crippen molar-refractivity contribution in [1.82, 2.24) is 15.5 Å². The maximum atomic E-state index is 12.8. The minimum Gasteiger partial charge on any atom is -0.480 e. The van der Waals surface area contributed by atoms with Gasteiger partial charge in [-0.15, -0.1) is 0 Å². The third-order valence-electron chi connectivity index (χ3n) is 3.98. The monoisotopic (exact) mass is 327 g/mol. The molecule has 0 aromatic rings. The lowest BCUT2D eigenvalue weighted by Crippen LogP contribution is -2.58. The summed E-state index contributed by atoms with van der Waals surface area (Å²) >= 11 is 0. The molecule has 3 atom stereocenters. The second-order valence-electron chi connectivity index (χ2n) is 6.94. The Hall–Kier alpha value is -2.12. The van der Waals surface area contributed by atoms with Crippen molar-refractivity contribution >= 4 is 24.2 Å². The topological polar surface area (TPSA) is 116 Å². The van der Waals surface area contributed by atoms with Gasteiger partial charge < -0.3 is 25.4 Å². The Morgan fingerprint density at radius 2 is 1.96 bits per heavy atom. The first kappa shape index (κ1) is 18.9. The van der Waals surface area contributed by atoms with Crippen LogP contribution in [-0.4, -0.2) is 59.4 Å². The van der Waals surface area contributed by atoms with Gasteiger partial charge in [0.15, 0.2) is 0 Å². The predicted octanol–water partition coefficient (Wildman–Crippen LogP) is 0.221. The van der Waals surface area contributed by atoms with E-state index in [1.165, 1.54) is 4.90 Å². The van der Waals surface area contributed by atoms with Crippen LogP contribution in [0, 0.1) is 11.3 Å². The number of nitrogens with zero attached hydrogens (tertiary/aromatic N) is 1. The summed E-state index contributed by atoms with van der Waals surface area (Å²) in [6.07, 6.45) is 1.50. The van der Waals surface area contributed by atoms with Gasteiger partial charge in [-0.25, -0.2) is 4.79 Å². The number of rotatable bonds is 5. The molecule has 0 aromatic carbocycles. The molecule has 1 rings (SSSR count). The Kier molecular flexibility index (Phi) is 6.12. The molecule has 1 aliphatic heterocycles. The first-order valence-corrected chi connectivity index (χ1v) is 7.60. The van der Waals surface area contributed by atoms with E-state index in [9.17, 15) is 19.2 Å². The van der Waals surface area contributed by atoms with E-state index in [1.807, 2.05) is 6.92 Å². The number of carbonyl (C=O) groups excluding carboxylic acids is 3. The van der Waals surface area contributed by atoms with E-state index in [0.29, 0.717) is 6.54 Å². The fourth-order valence-corrected chi connectivity index (χ4v) is 2.59. The van der Waals surface area contributed by atoms with Crippen LogP contribution < -0.4 is 10.6 Å². The maximum Gasteiger partial charge on any atom is 0.323 e. The summed E-state index contributed by atoms with van der Waals surface area (Å²) in [7, 11) is 0. The zero-order valence-electron chi connectivity index (χ0n) is 14.0. The van der Waals surface area contributed by atoms with Crippen LogP contribution in [0.5, 0.6) is 0 Å². The number of amides is 3. The van der Waals surface area contributed by atoms with E-state index < -0.39 is 36.0 Å². The molecule has 0 radical (unpaired) electrons. The molecule has 8 nitrogen and oxygen atoms in total. The van der Waals surface area contributed by atoms with Crippen LogP contribution in [0.4, 0.5) is 4.79 Å². The Bertz CT molecular complexity index is 486. The molecule has 3 amide bonds. The first-order valence-electron chi connectivity index (χ1n) is 7.60. The number of carbonyl (C=O) groups is 4. The molecule has 1 unspecified atom stereocenters. The van der Waals surface area contributed by atoms with Gasteiger partial charge in [0.1, 0.15) is 18.9 Å². The van der Waals surface area contributed by atoms with Crippen LogP contribution in [-0.2, 0) is 14.4 Å². The molecule has 1 heterocycles. The lowest BCUT2D eigenvalue weighted by molar-refractivity contribution is -0.139. The number of likely N-dealkylation sites (tertiary alicyclic amines) is 1. The molecule has 0 aliphatic carbocycles. The normalized spacial score (nSPS) is 22.3. The molecule has 8 heteroatoms. The summed E-state index contributed by atoms with van der Waals surface area (Å²) in [6.45, 7) is 7.22. The average molecular weight is 327 g/mol. The molecule has 0 saturated carbocycles. The molecular weight excluding hydrogens is 302 g/mol. The highest BCUT2D eigenvalue weighted by Crippen LogP contribution is 2.27. The predicted molar refractivity (Wildman–Crippen MR) is 82.8 cm³/mol. The van der Waals surface area contributed by atoms with Gasteiger partial charge >= 0.3 is 12.0 Å². The number of aldehydes is 1. The number of hydrogen-bond donors (Lipinski definition) is 3. The zero-order chi connectivity index (χ0) is 17.8. The quantitative estimate of drug-likeness (QED) is 0.625. The molecular formula is C15H25N3O5. The van der Waals surface area contributed by atoms with Crippen LogP contribution >= 0.6 is 0 Å². The highest BCUT2D eigenvalue weighted by molar-refractivity contribution is 5.90. The van der Waals surface area contributed by atoms with Crippen molar-refractivity contribution in [2.75, 3.05) is 13.1 Å².